The van der Waals surface area contributed by atoms with Crippen LogP contribution in [0, 0.1) is 23.7 Å². The maximum Gasteiger partial charge on any atom is 0.407 e. The molecule has 6 atom stereocenters. The second-order valence-corrected chi connectivity index (χ2v) is 35.9. The lowest BCUT2D eigenvalue weighted by molar-refractivity contribution is -0.141. The summed E-state index contributed by atoms with van der Waals surface area (Å²) in [5.74, 6) is 1.69. The molecule has 6 aromatic heterocycles. The molecule has 28 heteroatoms. The first-order chi connectivity index (χ1) is 60.0. The summed E-state index contributed by atoms with van der Waals surface area (Å²) in [4.78, 5) is 152. The van der Waals surface area contributed by atoms with Crippen LogP contribution in [0.3, 0.4) is 0 Å². The Morgan fingerprint density at radius 2 is 0.943 bits per heavy atom. The molecule has 122 heavy (non-hydrogen) atoms. The van der Waals surface area contributed by atoms with Crippen molar-refractivity contribution >= 4 is 146 Å². The molecular formula is C94H117N17O10S. The molecular weight excluding hydrogens is 1560 g/mol. The summed E-state index contributed by atoms with van der Waals surface area (Å²) in [5, 5.41) is 18.5. The highest BCUT2D eigenvalue weighted by Gasteiger charge is 2.41. The van der Waals surface area contributed by atoms with E-state index in [9.17, 15) is 38.4 Å². The van der Waals surface area contributed by atoms with Crippen LogP contribution in [-0.2, 0) is 51.3 Å². The van der Waals surface area contributed by atoms with E-state index >= 15 is 0 Å². The largest absolute Gasteiger partial charge is 0.453 e. The summed E-state index contributed by atoms with van der Waals surface area (Å²) >= 11 is 1.71. The van der Waals surface area contributed by atoms with Crippen molar-refractivity contribution in [2.45, 2.75) is 241 Å². The molecule has 16 rings (SSSR count). The van der Waals surface area contributed by atoms with E-state index in [1.54, 1.807) is 11.3 Å². The first-order valence-electron chi connectivity index (χ1n) is 45.0. The van der Waals surface area contributed by atoms with Gasteiger partial charge in [-0.2, -0.15) is 0 Å². The van der Waals surface area contributed by atoms with Gasteiger partial charge < -0.3 is 70.3 Å². The van der Waals surface area contributed by atoms with Crippen LogP contribution in [0.15, 0.2) is 103 Å². The quantitative estimate of drug-likeness (QED) is 0.0313. The van der Waals surface area contributed by atoms with Crippen molar-refractivity contribution in [3.63, 3.8) is 0 Å². The van der Waals surface area contributed by atoms with Gasteiger partial charge in [-0.1, -0.05) is 150 Å². The number of fused-ring (bicyclic) bond motifs is 12. The van der Waals surface area contributed by atoms with Crippen molar-refractivity contribution in [3.05, 3.63) is 127 Å². The van der Waals surface area contributed by atoms with Crippen molar-refractivity contribution < 1.29 is 51.9 Å². The number of pyridine rings is 1. The monoisotopic (exact) mass is 1680 g/mol. The van der Waals surface area contributed by atoms with Crippen molar-refractivity contribution in [3.8, 4) is 21.7 Å². The Morgan fingerprint density at radius 3 is 1.51 bits per heavy atom. The maximum atomic E-state index is 14.2. The Bertz CT molecular complexity index is 5960. The third-order valence-electron chi connectivity index (χ3n) is 24.9. The van der Waals surface area contributed by atoms with Crippen molar-refractivity contribution in [2.75, 3.05) is 27.3 Å². The minimum absolute atomic E-state index is 0.0422. The first-order valence-corrected chi connectivity index (χ1v) is 44.1. The molecule has 0 bridgehead atoms. The number of carbonyl (C=O) groups excluding carboxylic acids is 8. The molecule has 27 nitrogen and oxygen atoms in total. The van der Waals surface area contributed by atoms with Gasteiger partial charge in [0.1, 0.15) is 52.7 Å². The molecule has 8 amide bonds. The highest BCUT2D eigenvalue weighted by Crippen LogP contribution is 2.42. The molecule has 8 N–H and O–H groups in total. The zero-order chi connectivity index (χ0) is 88.8. The van der Waals surface area contributed by atoms with Crippen molar-refractivity contribution in [1.82, 2.24) is 85.7 Å². The average molecular weight is 1680 g/mol. The molecule has 0 radical (unpaired) electrons. The van der Waals surface area contributed by atoms with Gasteiger partial charge in [-0.15, -0.1) is 11.3 Å². The number of piperidine rings is 2. The number of ether oxygens (including phenoxy) is 2. The number of rotatable bonds is 22. The number of likely N-dealkylation sites (tertiary alicyclic amines) is 2. The number of nitrogens with one attached hydrogen (secondary N) is 8. The second-order valence-electron chi connectivity index (χ2n) is 34.8. The van der Waals surface area contributed by atoms with Gasteiger partial charge >= 0.3 is 12.2 Å². The van der Waals surface area contributed by atoms with E-state index in [-0.39, 0.29) is 83.3 Å². The number of imidazole rings is 4. The fourth-order valence-electron chi connectivity index (χ4n) is 18.5. The van der Waals surface area contributed by atoms with E-state index in [4.69, 9.17) is 38.5 Å². The molecule has 6 aromatic carbocycles. The molecule has 0 spiro atoms. The maximum absolute atomic E-state index is 14.2. The standard InChI is InChI=1S/C48H60N8O5S.C45H53N9O5.CH4/c1-27(2)41(49-29(5)57)46(58)55(33-13-9-7-10-14-33)26-40-51-37-22-19-32-24-38(62-45(32)44(37)53-40)31-17-20-35-30(23-31)18-21-36-43(35)52-39(50-36)25-56(34-15-11-8-12-16-34)47(59)42(28(3)4)54-48(60)61-6;1-24(2)37(47-26(5)55)43(56)53-19-9-7-11-35(53)41-48-32-17-14-27-21-29(13-16-30(27)39(32)50-41)34-22-28-15-18-33-40(31(28)23-46-34)51-42(49-33)36-12-8-10-20-54(36)44(57)38(25(3)4)52-45(58)59-6;/h17-24,27-28,33-34,41-42H,7-16,25-26H2,1-6H3,(H,49,57)(H,50,52)(H,51,53)(H,54,60);13-18,21-25,35-38,46H,7-12,19-20H2,1-6H3,(H,47,55)(H,48,50)(H,52,58);1H4/t41-,42-;35?,36?,37-,38-;/m00./s1/i;;1D3. The summed E-state index contributed by atoms with van der Waals surface area (Å²) in [6, 6.07) is 30.8. The molecule has 2 aliphatic heterocycles. The molecule has 4 fully saturated rings. The zero-order valence-corrected chi connectivity index (χ0v) is 72.8. The number of hydrogen-bond acceptors (Lipinski definition) is 16. The van der Waals surface area contributed by atoms with Crippen LogP contribution in [0.1, 0.15) is 219 Å². The van der Waals surface area contributed by atoms with Crippen LogP contribution in [0.2, 0.25) is 0 Å². The summed E-state index contributed by atoms with van der Waals surface area (Å²) in [7, 11) is 1.19. The fraction of sp³-hybridized carbons (Fsp3) is 0.479. The van der Waals surface area contributed by atoms with Crippen LogP contribution in [0.4, 0.5) is 9.59 Å². The molecule has 2 saturated heterocycles. The Kier molecular flexibility index (Phi) is 25.4. The Hall–Kier alpha value is -11.6. The van der Waals surface area contributed by atoms with E-state index in [2.05, 4.69) is 126 Å². The second kappa shape index (κ2) is 37.4. The molecule has 2 saturated carbocycles. The third-order valence-corrected chi connectivity index (χ3v) is 26.1. The number of methoxy groups -OCH3 is 2. The number of benzene rings is 6. The SMILES string of the molecule is COC(=O)N[C@H](C(=O)N(Cc1nc2c(ccc3cc(-c4cc5ccc6[nH]c(CN(C(=O)[C@@H](NC(C)=O)C(C)C)C7CCCCC7)nc6c5s4)ccc32)[nH]1)C1CCCCC1)C(C)C.COC(=O)N[C@H](C(=O)N1CCCCC1c1nc2ccc3cc(-c4ccc5c(ccc6[nH]c(C7CCCCN7C(=O)[C@@H](NC(C)=O)C(C)C)nc65)c4)[nH]cc3c2n1)C(C)C.[2H]C([2H])[2H]. The number of alkyl carbamates (subject to hydrolysis) is 2. The lowest BCUT2D eigenvalue weighted by atomic mass is 9.92. The molecule has 644 valence electrons. The van der Waals surface area contributed by atoms with Gasteiger partial charge in [0.05, 0.1) is 77.2 Å². The summed E-state index contributed by atoms with van der Waals surface area (Å²) in [5.41, 5.74) is 9.94. The number of thiophene rings is 1. The van der Waals surface area contributed by atoms with Gasteiger partial charge in [0.15, 0.2) is 5.82 Å². The van der Waals surface area contributed by atoms with Gasteiger partial charge in [0.25, 0.3) is 0 Å². The van der Waals surface area contributed by atoms with Crippen LogP contribution < -0.4 is 21.3 Å². The molecule has 12 aromatic rings. The lowest BCUT2D eigenvalue weighted by Gasteiger charge is -2.37. The number of carbonyl (C=O) groups is 8. The van der Waals surface area contributed by atoms with E-state index in [1.165, 1.54) is 34.5 Å². The van der Waals surface area contributed by atoms with Crippen LogP contribution in [0.5, 0.6) is 0 Å². The van der Waals surface area contributed by atoms with E-state index < -0.39 is 43.7 Å². The normalized spacial score (nSPS) is 17.6. The van der Waals surface area contributed by atoms with Gasteiger partial charge in [0, 0.05) is 76.1 Å². The van der Waals surface area contributed by atoms with Crippen LogP contribution in [-0.4, -0.2) is 176 Å². The van der Waals surface area contributed by atoms with Gasteiger partial charge in [-0.3, -0.25) is 28.8 Å². The number of hydrogen-bond donors (Lipinski definition) is 8. The molecule has 2 unspecified atom stereocenters. The lowest BCUT2D eigenvalue weighted by Crippen LogP contribution is -2.54. The van der Waals surface area contributed by atoms with Crippen molar-refractivity contribution in [1.29, 1.82) is 0 Å². The average Bonchev–Trinajstić information content (AvgIpc) is 1.61. The Balaban J connectivity index is 0.000000195. The summed E-state index contributed by atoms with van der Waals surface area (Å²) in [6.07, 6.45) is 16.4. The smallest absolute Gasteiger partial charge is 0.407 e. The molecule has 8 heterocycles. The van der Waals surface area contributed by atoms with Gasteiger partial charge in [-0.25, -0.2) is 34.5 Å². The van der Waals surface area contributed by atoms with E-state index in [0.717, 1.165) is 216 Å². The van der Waals surface area contributed by atoms with E-state index in [1.807, 2.05) is 93.3 Å². The minimum atomic E-state index is -1.42. The third kappa shape index (κ3) is 18.3. The van der Waals surface area contributed by atoms with Gasteiger partial charge in [-0.05, 0) is 169 Å². The zero-order valence-electron chi connectivity index (χ0n) is 75.0. The van der Waals surface area contributed by atoms with Crippen LogP contribution >= 0.6 is 11.3 Å². The number of amides is 8. The Labute approximate surface area is 719 Å². The molecule has 2 aliphatic carbocycles. The highest BCUT2D eigenvalue weighted by atomic mass is 32.1. The van der Waals surface area contributed by atoms with E-state index in [0.29, 0.717) is 37.8 Å². The summed E-state index contributed by atoms with van der Waals surface area (Å²) < 4.78 is 28.5. The number of aromatic nitrogens is 9. The highest BCUT2D eigenvalue weighted by molar-refractivity contribution is 7.23. The predicted octanol–water partition coefficient (Wildman–Crippen LogP) is 17.4. The Morgan fingerprint density at radius 1 is 0.484 bits per heavy atom. The number of H-pyrrole nitrogens is 4. The minimum Gasteiger partial charge on any atom is -0.453 e. The predicted molar refractivity (Wildman–Crippen MR) is 479 cm³/mol. The topological polar surface area (TPSA) is 344 Å². The van der Waals surface area contributed by atoms with Gasteiger partial charge in [0.2, 0.25) is 35.4 Å². The van der Waals surface area contributed by atoms with Crippen molar-refractivity contribution in [2.24, 2.45) is 23.7 Å². The first kappa shape index (κ1) is 82.7. The fourth-order valence-corrected chi connectivity index (χ4v) is 19.6. The number of nitrogens with zero attached hydrogens (tertiary/aromatic N) is 9. The molecule has 4 aliphatic rings. The summed E-state index contributed by atoms with van der Waals surface area (Å²) in [6.45, 7) is 20.3. The number of aromatic amines is 4. The van der Waals surface area contributed by atoms with Crippen LogP contribution in [0.25, 0.3) is 108 Å².